The number of hydrogen-bond donors (Lipinski definition) is 0. The van der Waals surface area contributed by atoms with Gasteiger partial charge in [-0.15, -0.1) is 4.91 Å². The lowest BCUT2D eigenvalue weighted by atomic mass is 9.93. The summed E-state index contributed by atoms with van der Waals surface area (Å²) < 4.78 is 30.6. The third kappa shape index (κ3) is 2.33. The summed E-state index contributed by atoms with van der Waals surface area (Å²) in [6.07, 6.45) is 0. The second-order valence-corrected chi connectivity index (χ2v) is 4.20. The van der Waals surface area contributed by atoms with Crippen molar-refractivity contribution in [3.8, 4) is 0 Å². The van der Waals surface area contributed by atoms with Crippen LogP contribution in [-0.4, -0.2) is 13.1 Å². The summed E-state index contributed by atoms with van der Waals surface area (Å²) >= 11 is 2.68. The van der Waals surface area contributed by atoms with Gasteiger partial charge >= 0.3 is 5.97 Å². The minimum Gasteiger partial charge on any atom is -0.467 e. The minimum atomic E-state index is -1.98. The standard InChI is InChI=1S/C10H8BrF2NO3/c1-10(14-16,9(15)17-2)5-3-6(12)8(11)7(13)4-5/h3-4H,1-2H3. The number of nitrogens with zero attached hydrogens (tertiary/aromatic N) is 1. The molecule has 1 aromatic carbocycles. The lowest BCUT2D eigenvalue weighted by Crippen LogP contribution is -2.31. The zero-order valence-corrected chi connectivity index (χ0v) is 10.5. The molecule has 0 saturated carbocycles. The van der Waals surface area contributed by atoms with Crippen molar-refractivity contribution >= 4 is 21.9 Å². The van der Waals surface area contributed by atoms with Crippen LogP contribution in [0.15, 0.2) is 21.8 Å². The van der Waals surface area contributed by atoms with E-state index >= 15 is 0 Å². The third-order valence-corrected chi connectivity index (χ3v) is 3.07. The molecule has 0 fully saturated rings. The highest BCUT2D eigenvalue weighted by atomic mass is 79.9. The van der Waals surface area contributed by atoms with Gasteiger partial charge in [-0.05, 0) is 45.7 Å². The summed E-state index contributed by atoms with van der Waals surface area (Å²) in [5.41, 5.74) is -2.19. The molecular weight excluding hydrogens is 300 g/mol. The maximum absolute atomic E-state index is 13.3. The molecule has 17 heavy (non-hydrogen) atoms. The Morgan fingerprint density at radius 3 is 2.24 bits per heavy atom. The third-order valence-electron chi connectivity index (χ3n) is 2.31. The Balaban J connectivity index is 3.41. The summed E-state index contributed by atoms with van der Waals surface area (Å²) in [5, 5.41) is 2.60. The van der Waals surface area contributed by atoms with E-state index in [1.165, 1.54) is 0 Å². The van der Waals surface area contributed by atoms with Crippen molar-refractivity contribution in [3.05, 3.63) is 38.7 Å². The molecular formula is C10H8BrF2NO3. The van der Waals surface area contributed by atoms with E-state index in [2.05, 4.69) is 25.8 Å². The number of methoxy groups -OCH3 is 1. The van der Waals surface area contributed by atoms with Crippen LogP contribution in [0.3, 0.4) is 0 Å². The number of nitroso groups, excluding NO2 is 1. The van der Waals surface area contributed by atoms with Crippen LogP contribution < -0.4 is 0 Å². The SMILES string of the molecule is COC(=O)C(C)(N=O)c1cc(F)c(Br)c(F)c1. The van der Waals surface area contributed by atoms with E-state index in [-0.39, 0.29) is 10.0 Å². The molecule has 0 radical (unpaired) electrons. The van der Waals surface area contributed by atoms with E-state index in [0.717, 1.165) is 26.2 Å². The Bertz CT molecular complexity index is 458. The van der Waals surface area contributed by atoms with Gasteiger partial charge in [0.15, 0.2) is 0 Å². The Kier molecular flexibility index (Phi) is 3.92. The number of halogens is 3. The van der Waals surface area contributed by atoms with E-state index in [9.17, 15) is 18.5 Å². The van der Waals surface area contributed by atoms with Crippen molar-refractivity contribution in [2.75, 3.05) is 7.11 Å². The molecule has 0 aliphatic rings. The average Bonchev–Trinajstić information content (AvgIpc) is 2.33. The van der Waals surface area contributed by atoms with Gasteiger partial charge in [-0.25, -0.2) is 13.6 Å². The molecule has 1 aromatic rings. The Morgan fingerprint density at radius 1 is 1.41 bits per heavy atom. The van der Waals surface area contributed by atoms with E-state index in [0.29, 0.717) is 0 Å². The summed E-state index contributed by atoms with van der Waals surface area (Å²) in [7, 11) is 1.05. The highest BCUT2D eigenvalue weighted by Gasteiger charge is 2.39. The van der Waals surface area contributed by atoms with Crippen LogP contribution >= 0.6 is 15.9 Å². The molecule has 0 heterocycles. The summed E-state index contributed by atoms with van der Waals surface area (Å²) in [4.78, 5) is 22.1. The zero-order chi connectivity index (χ0) is 13.2. The maximum Gasteiger partial charge on any atom is 0.341 e. The van der Waals surface area contributed by atoms with Gasteiger partial charge in [-0.1, -0.05) is 0 Å². The number of carbonyl (C=O) groups excluding carboxylic acids is 1. The quantitative estimate of drug-likeness (QED) is 0.490. The second-order valence-electron chi connectivity index (χ2n) is 3.41. The molecule has 0 saturated heterocycles. The highest BCUT2D eigenvalue weighted by molar-refractivity contribution is 9.10. The van der Waals surface area contributed by atoms with Gasteiger partial charge in [0.1, 0.15) is 11.6 Å². The van der Waals surface area contributed by atoms with Crippen molar-refractivity contribution in [2.24, 2.45) is 5.18 Å². The van der Waals surface area contributed by atoms with Crippen molar-refractivity contribution < 1.29 is 18.3 Å². The van der Waals surface area contributed by atoms with Crippen LogP contribution in [0.2, 0.25) is 0 Å². The molecule has 0 spiro atoms. The van der Waals surface area contributed by atoms with E-state index < -0.39 is 23.1 Å². The summed E-state index contributed by atoms with van der Waals surface area (Å²) in [6, 6.07) is 1.71. The first-order valence-corrected chi connectivity index (χ1v) is 5.24. The normalized spacial score (nSPS) is 13.9. The number of carbonyl (C=O) groups is 1. The van der Waals surface area contributed by atoms with Crippen molar-refractivity contribution in [1.82, 2.24) is 0 Å². The van der Waals surface area contributed by atoms with Gasteiger partial charge in [0.25, 0.3) is 0 Å². The molecule has 1 rings (SSSR count). The smallest absolute Gasteiger partial charge is 0.341 e. The number of esters is 1. The topological polar surface area (TPSA) is 55.7 Å². The second kappa shape index (κ2) is 4.87. The molecule has 7 heteroatoms. The number of benzene rings is 1. The highest BCUT2D eigenvalue weighted by Crippen LogP contribution is 2.31. The van der Waals surface area contributed by atoms with Crippen LogP contribution in [0, 0.1) is 16.5 Å². The average molecular weight is 308 g/mol. The van der Waals surface area contributed by atoms with Gasteiger partial charge in [-0.2, -0.15) is 0 Å². The molecule has 0 amide bonds. The predicted octanol–water partition coefficient (Wildman–Crippen LogP) is 2.88. The molecule has 1 atom stereocenters. The van der Waals surface area contributed by atoms with Gasteiger partial charge < -0.3 is 4.74 Å². The molecule has 0 bridgehead atoms. The summed E-state index contributed by atoms with van der Waals surface area (Å²) in [5.74, 6) is -2.86. The van der Waals surface area contributed by atoms with E-state index in [1.54, 1.807) is 0 Å². The minimum absolute atomic E-state index is 0.211. The Morgan fingerprint density at radius 2 is 1.88 bits per heavy atom. The molecule has 0 aliphatic carbocycles. The predicted molar refractivity (Wildman–Crippen MR) is 59.2 cm³/mol. The number of ether oxygens (including phenoxy) is 1. The fourth-order valence-electron chi connectivity index (χ4n) is 1.24. The molecule has 0 aromatic heterocycles. The van der Waals surface area contributed by atoms with Gasteiger partial charge in [0, 0.05) is 0 Å². The fourth-order valence-corrected chi connectivity index (χ4v) is 1.47. The van der Waals surface area contributed by atoms with Gasteiger partial charge in [0.2, 0.25) is 5.54 Å². The van der Waals surface area contributed by atoms with Gasteiger partial charge in [0.05, 0.1) is 11.6 Å². The molecule has 0 N–H and O–H groups in total. The first-order chi connectivity index (χ1) is 7.86. The molecule has 92 valence electrons. The lowest BCUT2D eigenvalue weighted by Gasteiger charge is -2.19. The van der Waals surface area contributed by atoms with Crippen LogP contribution in [-0.2, 0) is 15.1 Å². The number of rotatable bonds is 3. The maximum atomic E-state index is 13.3. The zero-order valence-electron chi connectivity index (χ0n) is 8.96. The number of hydrogen-bond acceptors (Lipinski definition) is 4. The van der Waals surface area contributed by atoms with E-state index in [1.807, 2.05) is 0 Å². The van der Waals surface area contributed by atoms with Crippen molar-refractivity contribution in [2.45, 2.75) is 12.5 Å². The molecule has 4 nitrogen and oxygen atoms in total. The fraction of sp³-hybridized carbons (Fsp3) is 0.300. The molecule has 1 unspecified atom stereocenters. The van der Waals surface area contributed by atoms with E-state index in [4.69, 9.17) is 0 Å². The first-order valence-electron chi connectivity index (χ1n) is 4.44. The Hall–Kier alpha value is -1.37. The van der Waals surface area contributed by atoms with Crippen molar-refractivity contribution in [3.63, 3.8) is 0 Å². The molecule has 0 aliphatic heterocycles. The van der Waals surface area contributed by atoms with Gasteiger partial charge in [-0.3, -0.25) is 0 Å². The first kappa shape index (κ1) is 13.7. The summed E-state index contributed by atoms with van der Waals surface area (Å²) in [6.45, 7) is 1.12. The Labute approximate surface area is 104 Å². The van der Waals surface area contributed by atoms with Crippen LogP contribution in [0.1, 0.15) is 12.5 Å². The van der Waals surface area contributed by atoms with Crippen LogP contribution in [0.4, 0.5) is 8.78 Å². The lowest BCUT2D eigenvalue weighted by molar-refractivity contribution is -0.146. The monoisotopic (exact) mass is 307 g/mol. The largest absolute Gasteiger partial charge is 0.467 e. The van der Waals surface area contributed by atoms with Crippen LogP contribution in [0.5, 0.6) is 0 Å². The van der Waals surface area contributed by atoms with Crippen molar-refractivity contribution in [1.29, 1.82) is 0 Å². The van der Waals surface area contributed by atoms with Crippen LogP contribution in [0.25, 0.3) is 0 Å².